The number of benzene rings is 2. The van der Waals surface area contributed by atoms with Crippen LogP contribution >= 0.6 is 0 Å². The van der Waals surface area contributed by atoms with Crippen LogP contribution < -0.4 is 0 Å². The summed E-state index contributed by atoms with van der Waals surface area (Å²) in [5, 5.41) is 0. The summed E-state index contributed by atoms with van der Waals surface area (Å²) >= 11 is 0. The summed E-state index contributed by atoms with van der Waals surface area (Å²) in [4.78, 5) is 0. The standard InChI is InChI=1S/C19H20/c1-16(2)12-14-18-10-6-7-11-19(18)15-13-17-8-4-3-5-9-17/h3-13,15H,14H2,1-2H3/b15-13+. The van der Waals surface area contributed by atoms with E-state index in [9.17, 15) is 0 Å². The molecule has 0 N–H and O–H groups in total. The normalized spacial score (nSPS) is 10.6. The second-order valence-corrected chi connectivity index (χ2v) is 4.93. The molecule has 2 aromatic carbocycles. The Balaban J connectivity index is 2.20. The Kier molecular flexibility index (Phi) is 4.74. The molecule has 0 heteroatoms. The van der Waals surface area contributed by atoms with Gasteiger partial charge in [-0.1, -0.05) is 78.4 Å². The SMILES string of the molecule is CC(C)=CCc1ccccc1/C=C/c1ccccc1. The Morgan fingerprint density at radius 1 is 0.842 bits per heavy atom. The Morgan fingerprint density at radius 3 is 2.26 bits per heavy atom. The molecule has 0 fully saturated rings. The molecule has 0 aromatic heterocycles. The summed E-state index contributed by atoms with van der Waals surface area (Å²) in [6, 6.07) is 19.0. The van der Waals surface area contributed by atoms with Crippen molar-refractivity contribution < 1.29 is 0 Å². The predicted molar refractivity (Wildman–Crippen MR) is 84.9 cm³/mol. The van der Waals surface area contributed by atoms with Gasteiger partial charge in [-0.3, -0.25) is 0 Å². The van der Waals surface area contributed by atoms with E-state index in [0.29, 0.717) is 0 Å². The van der Waals surface area contributed by atoms with Gasteiger partial charge >= 0.3 is 0 Å². The van der Waals surface area contributed by atoms with E-state index < -0.39 is 0 Å². The molecule has 2 rings (SSSR count). The molecule has 0 nitrogen and oxygen atoms in total. The molecule has 0 spiro atoms. The van der Waals surface area contributed by atoms with Gasteiger partial charge in [0.15, 0.2) is 0 Å². The van der Waals surface area contributed by atoms with Gasteiger partial charge < -0.3 is 0 Å². The fourth-order valence-corrected chi connectivity index (χ4v) is 1.95. The molecule has 0 aliphatic carbocycles. The monoisotopic (exact) mass is 248 g/mol. The van der Waals surface area contributed by atoms with Gasteiger partial charge in [-0.15, -0.1) is 0 Å². The zero-order valence-corrected chi connectivity index (χ0v) is 11.6. The zero-order valence-electron chi connectivity index (χ0n) is 11.6. The van der Waals surface area contributed by atoms with E-state index in [1.807, 2.05) is 6.07 Å². The zero-order chi connectivity index (χ0) is 13.5. The molecule has 0 saturated heterocycles. The fourth-order valence-electron chi connectivity index (χ4n) is 1.95. The summed E-state index contributed by atoms with van der Waals surface area (Å²) < 4.78 is 0. The van der Waals surface area contributed by atoms with Crippen molar-refractivity contribution in [2.75, 3.05) is 0 Å². The highest BCUT2D eigenvalue weighted by Crippen LogP contribution is 2.15. The van der Waals surface area contributed by atoms with Crippen LogP contribution in [0.3, 0.4) is 0 Å². The topological polar surface area (TPSA) is 0 Å². The minimum atomic E-state index is 0.998. The highest BCUT2D eigenvalue weighted by molar-refractivity contribution is 5.71. The van der Waals surface area contributed by atoms with Crippen LogP contribution in [0.2, 0.25) is 0 Å². The molecule has 0 aliphatic rings. The van der Waals surface area contributed by atoms with E-state index in [0.717, 1.165) is 6.42 Å². The van der Waals surface area contributed by atoms with Crippen LogP contribution in [0.25, 0.3) is 12.2 Å². The van der Waals surface area contributed by atoms with Crippen LogP contribution in [0.15, 0.2) is 66.2 Å². The van der Waals surface area contributed by atoms with Crippen molar-refractivity contribution in [1.82, 2.24) is 0 Å². The van der Waals surface area contributed by atoms with Gasteiger partial charge in [-0.2, -0.15) is 0 Å². The van der Waals surface area contributed by atoms with Crippen LogP contribution in [-0.2, 0) is 6.42 Å². The van der Waals surface area contributed by atoms with Crippen molar-refractivity contribution in [3.8, 4) is 0 Å². The molecule has 0 bridgehead atoms. The Hall–Kier alpha value is -2.08. The Morgan fingerprint density at radius 2 is 1.53 bits per heavy atom. The van der Waals surface area contributed by atoms with Crippen LogP contribution in [0.5, 0.6) is 0 Å². The number of allylic oxidation sites excluding steroid dienone is 2. The van der Waals surface area contributed by atoms with E-state index in [2.05, 4.69) is 80.6 Å². The molecular formula is C19H20. The van der Waals surface area contributed by atoms with Crippen molar-refractivity contribution in [1.29, 1.82) is 0 Å². The molecule has 0 atom stereocenters. The minimum absolute atomic E-state index is 0.998. The number of hydrogen-bond acceptors (Lipinski definition) is 0. The largest absolute Gasteiger partial charge is 0.0815 e. The van der Waals surface area contributed by atoms with E-state index in [-0.39, 0.29) is 0 Å². The van der Waals surface area contributed by atoms with E-state index >= 15 is 0 Å². The maximum atomic E-state index is 2.27. The van der Waals surface area contributed by atoms with E-state index in [1.54, 1.807) is 0 Å². The Labute approximate surface area is 116 Å². The lowest BCUT2D eigenvalue weighted by molar-refractivity contribution is 1.21. The first-order valence-electron chi connectivity index (χ1n) is 6.70. The molecule has 0 unspecified atom stereocenters. The van der Waals surface area contributed by atoms with Crippen molar-refractivity contribution >= 4 is 12.2 Å². The molecule has 0 radical (unpaired) electrons. The van der Waals surface area contributed by atoms with Crippen molar-refractivity contribution in [3.05, 3.63) is 82.9 Å². The molecule has 0 heterocycles. The van der Waals surface area contributed by atoms with Crippen molar-refractivity contribution in [2.45, 2.75) is 20.3 Å². The quantitative estimate of drug-likeness (QED) is 0.504. The summed E-state index contributed by atoms with van der Waals surface area (Å²) in [6.07, 6.45) is 7.64. The molecule has 0 aliphatic heterocycles. The second kappa shape index (κ2) is 6.75. The lowest BCUT2D eigenvalue weighted by Crippen LogP contribution is -1.86. The smallest absolute Gasteiger partial charge is 0.00890 e. The average molecular weight is 248 g/mol. The van der Waals surface area contributed by atoms with Crippen LogP contribution in [0.4, 0.5) is 0 Å². The number of hydrogen-bond donors (Lipinski definition) is 0. The maximum absolute atomic E-state index is 2.27. The fraction of sp³-hybridized carbons (Fsp3) is 0.158. The van der Waals surface area contributed by atoms with Gasteiger partial charge in [0.2, 0.25) is 0 Å². The molecule has 2 aromatic rings. The van der Waals surface area contributed by atoms with E-state index in [1.165, 1.54) is 22.3 Å². The summed E-state index contributed by atoms with van der Waals surface area (Å²) in [6.45, 7) is 4.28. The van der Waals surface area contributed by atoms with E-state index in [4.69, 9.17) is 0 Å². The van der Waals surface area contributed by atoms with Crippen LogP contribution in [-0.4, -0.2) is 0 Å². The van der Waals surface area contributed by atoms with Crippen LogP contribution in [0, 0.1) is 0 Å². The third-order valence-corrected chi connectivity index (χ3v) is 3.04. The van der Waals surface area contributed by atoms with Gasteiger partial charge in [0.05, 0.1) is 0 Å². The van der Waals surface area contributed by atoms with Gasteiger partial charge in [0.25, 0.3) is 0 Å². The minimum Gasteiger partial charge on any atom is -0.0815 e. The average Bonchev–Trinajstić information content (AvgIpc) is 2.45. The van der Waals surface area contributed by atoms with Crippen LogP contribution in [0.1, 0.15) is 30.5 Å². The molecule has 96 valence electrons. The molecule has 19 heavy (non-hydrogen) atoms. The van der Waals surface area contributed by atoms with Crippen molar-refractivity contribution in [3.63, 3.8) is 0 Å². The lowest BCUT2D eigenvalue weighted by atomic mass is 10.0. The third kappa shape index (κ3) is 4.26. The Bertz CT molecular complexity index is 570. The van der Waals surface area contributed by atoms with Gasteiger partial charge in [0, 0.05) is 0 Å². The highest BCUT2D eigenvalue weighted by Gasteiger charge is 1.96. The molecular weight excluding hydrogens is 228 g/mol. The third-order valence-electron chi connectivity index (χ3n) is 3.04. The first kappa shape index (κ1) is 13.4. The predicted octanol–water partition coefficient (Wildman–Crippen LogP) is 5.37. The van der Waals surface area contributed by atoms with Gasteiger partial charge in [-0.05, 0) is 37.0 Å². The summed E-state index contributed by atoms with van der Waals surface area (Å²) in [5.74, 6) is 0. The van der Waals surface area contributed by atoms with Gasteiger partial charge in [0.1, 0.15) is 0 Å². The summed E-state index contributed by atoms with van der Waals surface area (Å²) in [7, 11) is 0. The molecule has 0 amide bonds. The first-order chi connectivity index (χ1) is 9.25. The lowest BCUT2D eigenvalue weighted by Gasteiger charge is -2.03. The summed E-state index contributed by atoms with van der Waals surface area (Å²) in [5.41, 5.74) is 5.26. The van der Waals surface area contributed by atoms with Crippen molar-refractivity contribution in [2.24, 2.45) is 0 Å². The van der Waals surface area contributed by atoms with Gasteiger partial charge in [-0.25, -0.2) is 0 Å². The molecule has 0 saturated carbocycles. The highest BCUT2D eigenvalue weighted by atomic mass is 14.0. The maximum Gasteiger partial charge on any atom is -0.00890 e. The number of rotatable bonds is 4. The second-order valence-electron chi connectivity index (χ2n) is 4.93. The first-order valence-corrected chi connectivity index (χ1v) is 6.70.